The predicted octanol–water partition coefficient (Wildman–Crippen LogP) is 2.46. The van der Waals surface area contributed by atoms with E-state index >= 15 is 0 Å². The maximum absolute atomic E-state index is 12.2. The molecule has 0 unspecified atom stereocenters. The third kappa shape index (κ3) is 3.53. The van der Waals surface area contributed by atoms with Gasteiger partial charge in [0.05, 0.1) is 9.82 Å². The van der Waals surface area contributed by atoms with Crippen LogP contribution in [0.5, 0.6) is 0 Å². The molecule has 8 heteroatoms. The van der Waals surface area contributed by atoms with Gasteiger partial charge in [-0.3, -0.25) is 14.8 Å². The molecule has 7 nitrogen and oxygen atoms in total. The molecule has 0 aliphatic rings. The summed E-state index contributed by atoms with van der Waals surface area (Å²) >= 11 is 0. The number of anilines is 2. The fourth-order valence-electron chi connectivity index (χ4n) is 1.79. The summed E-state index contributed by atoms with van der Waals surface area (Å²) in [6.45, 7) is 0. The number of benzene rings is 2. The van der Waals surface area contributed by atoms with Crippen molar-refractivity contribution in [2.45, 2.75) is 4.90 Å². The number of rotatable bonds is 5. The summed E-state index contributed by atoms with van der Waals surface area (Å²) in [7, 11) is -0.00515. The number of hydrogen-bond acceptors (Lipinski definition) is 5. The molecule has 0 aliphatic carbocycles. The van der Waals surface area contributed by atoms with Gasteiger partial charge in [0, 0.05) is 37.6 Å². The number of nitro groups is 1. The van der Waals surface area contributed by atoms with E-state index in [4.69, 9.17) is 0 Å². The molecule has 0 aromatic heterocycles. The second kappa shape index (κ2) is 6.02. The fraction of sp³-hybridized carbons (Fsp3) is 0.143. The Hall–Kier alpha value is -2.61. The lowest BCUT2D eigenvalue weighted by Crippen LogP contribution is -2.13. The summed E-state index contributed by atoms with van der Waals surface area (Å²) in [5.74, 6) is 0. The Kier molecular flexibility index (Phi) is 4.32. The highest BCUT2D eigenvalue weighted by Gasteiger charge is 2.16. The van der Waals surface area contributed by atoms with E-state index in [0.717, 1.165) is 17.8 Å². The van der Waals surface area contributed by atoms with Crippen LogP contribution >= 0.6 is 0 Å². The van der Waals surface area contributed by atoms with Gasteiger partial charge in [0.2, 0.25) is 0 Å². The number of hydrogen-bond donors (Lipinski definition) is 1. The van der Waals surface area contributed by atoms with Crippen molar-refractivity contribution in [2.75, 3.05) is 23.7 Å². The Morgan fingerprint density at radius 3 is 2.00 bits per heavy atom. The first-order chi connectivity index (χ1) is 10.3. The third-order valence-electron chi connectivity index (χ3n) is 2.99. The first-order valence-corrected chi connectivity index (χ1v) is 7.82. The monoisotopic (exact) mass is 321 g/mol. The molecule has 0 amide bonds. The van der Waals surface area contributed by atoms with Crippen molar-refractivity contribution in [1.29, 1.82) is 0 Å². The zero-order valence-corrected chi connectivity index (χ0v) is 12.9. The number of nitrogens with zero attached hydrogens (tertiary/aromatic N) is 2. The Morgan fingerprint density at radius 1 is 1.00 bits per heavy atom. The topological polar surface area (TPSA) is 92.6 Å². The number of non-ortho nitro benzene ring substituents is 1. The maximum atomic E-state index is 12.2. The van der Waals surface area contributed by atoms with Gasteiger partial charge in [-0.2, -0.15) is 0 Å². The molecular weight excluding hydrogens is 306 g/mol. The van der Waals surface area contributed by atoms with Crippen LogP contribution in [0.1, 0.15) is 0 Å². The van der Waals surface area contributed by atoms with Crippen LogP contribution in [0, 0.1) is 10.1 Å². The number of sulfonamides is 1. The Balaban J connectivity index is 2.21. The quantitative estimate of drug-likeness (QED) is 0.674. The molecule has 1 N–H and O–H groups in total. The zero-order valence-electron chi connectivity index (χ0n) is 12.1. The molecule has 0 aliphatic heterocycles. The maximum Gasteiger partial charge on any atom is 0.269 e. The van der Waals surface area contributed by atoms with Crippen LogP contribution in [0.25, 0.3) is 0 Å². The number of nitrogens with one attached hydrogen (secondary N) is 1. The van der Waals surface area contributed by atoms with Crippen molar-refractivity contribution >= 4 is 27.1 Å². The van der Waals surface area contributed by atoms with E-state index < -0.39 is 14.9 Å². The predicted molar refractivity (Wildman–Crippen MR) is 84.7 cm³/mol. The zero-order chi connectivity index (χ0) is 16.3. The van der Waals surface area contributed by atoms with Crippen molar-refractivity contribution in [3.63, 3.8) is 0 Å². The van der Waals surface area contributed by atoms with Crippen LogP contribution < -0.4 is 9.62 Å². The van der Waals surface area contributed by atoms with Gasteiger partial charge in [-0.1, -0.05) is 0 Å². The van der Waals surface area contributed by atoms with Gasteiger partial charge < -0.3 is 4.90 Å². The average Bonchev–Trinajstić information content (AvgIpc) is 2.47. The van der Waals surface area contributed by atoms with E-state index in [9.17, 15) is 18.5 Å². The highest BCUT2D eigenvalue weighted by Crippen LogP contribution is 2.21. The third-order valence-corrected chi connectivity index (χ3v) is 4.39. The first-order valence-electron chi connectivity index (χ1n) is 6.34. The van der Waals surface area contributed by atoms with Crippen molar-refractivity contribution in [1.82, 2.24) is 0 Å². The largest absolute Gasteiger partial charge is 0.378 e. The molecule has 116 valence electrons. The minimum Gasteiger partial charge on any atom is -0.378 e. The van der Waals surface area contributed by atoms with E-state index in [1.165, 1.54) is 12.1 Å². The molecule has 0 radical (unpaired) electrons. The Labute approximate surface area is 128 Å². The second-order valence-electron chi connectivity index (χ2n) is 4.80. The molecule has 2 aromatic carbocycles. The summed E-state index contributed by atoms with van der Waals surface area (Å²) in [6.07, 6.45) is 0. The summed E-state index contributed by atoms with van der Waals surface area (Å²) in [4.78, 5) is 11.9. The minimum atomic E-state index is -3.78. The summed E-state index contributed by atoms with van der Waals surface area (Å²) in [5.41, 5.74) is 1.21. The smallest absolute Gasteiger partial charge is 0.269 e. The molecular formula is C14H15N3O4S. The molecule has 0 heterocycles. The molecule has 0 saturated heterocycles. The highest BCUT2D eigenvalue weighted by molar-refractivity contribution is 7.92. The highest BCUT2D eigenvalue weighted by atomic mass is 32.2. The van der Waals surface area contributed by atoms with Gasteiger partial charge in [-0.25, -0.2) is 8.42 Å². The summed E-state index contributed by atoms with van der Waals surface area (Å²) < 4.78 is 26.9. The van der Waals surface area contributed by atoms with Crippen LogP contribution in [-0.2, 0) is 10.0 Å². The fourth-order valence-corrected chi connectivity index (χ4v) is 2.85. The average molecular weight is 321 g/mol. The van der Waals surface area contributed by atoms with Gasteiger partial charge in [-0.05, 0) is 36.4 Å². The summed E-state index contributed by atoms with van der Waals surface area (Å²) in [6, 6.07) is 11.6. The molecule has 0 atom stereocenters. The molecule has 2 rings (SSSR count). The van der Waals surface area contributed by atoms with Crippen LogP contribution in [0.4, 0.5) is 17.1 Å². The van der Waals surface area contributed by atoms with Crippen molar-refractivity contribution < 1.29 is 13.3 Å². The van der Waals surface area contributed by atoms with Crippen molar-refractivity contribution in [2.24, 2.45) is 0 Å². The standard InChI is InChI=1S/C14H15N3O4S/c1-16(2)12-5-3-11(4-6-12)15-22(20,21)14-9-7-13(8-10-14)17(18)19/h3-10,15H,1-2H3. The molecule has 22 heavy (non-hydrogen) atoms. The van der Waals surface area contributed by atoms with Gasteiger partial charge in [-0.15, -0.1) is 0 Å². The molecule has 2 aromatic rings. The van der Waals surface area contributed by atoms with Gasteiger partial charge in [0.25, 0.3) is 15.7 Å². The Morgan fingerprint density at radius 2 is 1.55 bits per heavy atom. The first kappa shape index (κ1) is 15.8. The lowest BCUT2D eigenvalue weighted by Gasteiger charge is -2.13. The SMILES string of the molecule is CN(C)c1ccc(NS(=O)(=O)c2ccc([N+](=O)[O-])cc2)cc1. The number of nitro benzene ring substituents is 1. The van der Waals surface area contributed by atoms with Crippen LogP contribution in [0.15, 0.2) is 53.4 Å². The lowest BCUT2D eigenvalue weighted by molar-refractivity contribution is -0.384. The van der Waals surface area contributed by atoms with Gasteiger partial charge >= 0.3 is 0 Å². The van der Waals surface area contributed by atoms with Gasteiger partial charge in [0.1, 0.15) is 0 Å². The van der Waals surface area contributed by atoms with Crippen molar-refractivity contribution in [3.8, 4) is 0 Å². The molecule has 0 fully saturated rings. The molecule has 0 spiro atoms. The normalized spacial score (nSPS) is 11.0. The van der Waals surface area contributed by atoms with E-state index in [2.05, 4.69) is 4.72 Å². The summed E-state index contributed by atoms with van der Waals surface area (Å²) in [5, 5.41) is 10.6. The van der Waals surface area contributed by atoms with E-state index in [-0.39, 0.29) is 10.6 Å². The van der Waals surface area contributed by atoms with Crippen molar-refractivity contribution in [3.05, 3.63) is 58.6 Å². The molecule has 0 bridgehead atoms. The van der Waals surface area contributed by atoms with Crippen LogP contribution in [0.2, 0.25) is 0 Å². The van der Waals surface area contributed by atoms with Gasteiger partial charge in [0.15, 0.2) is 0 Å². The second-order valence-corrected chi connectivity index (χ2v) is 6.48. The minimum absolute atomic E-state index is 0.0326. The van der Waals surface area contributed by atoms with Crippen LogP contribution in [-0.4, -0.2) is 27.4 Å². The van der Waals surface area contributed by atoms with E-state index in [1.54, 1.807) is 24.3 Å². The Bertz CT molecular complexity index is 769. The van der Waals surface area contributed by atoms with E-state index in [1.807, 2.05) is 19.0 Å². The van der Waals surface area contributed by atoms with Crippen LogP contribution in [0.3, 0.4) is 0 Å². The molecule has 0 saturated carbocycles. The lowest BCUT2D eigenvalue weighted by atomic mass is 10.3. The van der Waals surface area contributed by atoms with E-state index in [0.29, 0.717) is 5.69 Å².